The minimum atomic E-state index is -1.36. The lowest BCUT2D eigenvalue weighted by Crippen LogP contribution is -2.54. The van der Waals surface area contributed by atoms with Crippen LogP contribution >= 0.6 is 0 Å². The van der Waals surface area contributed by atoms with E-state index in [0.29, 0.717) is 19.8 Å². The third-order valence-corrected chi connectivity index (χ3v) is 5.50. The van der Waals surface area contributed by atoms with Gasteiger partial charge in [0.25, 0.3) is 0 Å². The molecular weight excluding hydrogens is 407 g/mol. The number of ether oxygens (including phenoxy) is 4. The fraction of sp³-hybridized carbons (Fsp3) is 0.333. The molecule has 4 atom stereocenters. The van der Waals surface area contributed by atoms with E-state index in [-0.39, 0.29) is 13.2 Å². The number of rotatable bonds is 10. The van der Waals surface area contributed by atoms with Gasteiger partial charge in [0.1, 0.15) is 18.3 Å². The molecule has 0 aliphatic carbocycles. The molecule has 1 saturated heterocycles. The number of alkyl halides is 1. The van der Waals surface area contributed by atoms with Crippen LogP contribution in [-0.4, -0.2) is 37.7 Å². The quantitative estimate of drug-likeness (QED) is 0.443. The first kappa shape index (κ1) is 22.6. The monoisotopic (exact) mass is 436 g/mol. The van der Waals surface area contributed by atoms with E-state index in [1.165, 1.54) is 0 Å². The van der Waals surface area contributed by atoms with Gasteiger partial charge in [-0.3, -0.25) is 0 Å². The smallest absolute Gasteiger partial charge is 0.157 e. The maximum absolute atomic E-state index is 15.5. The van der Waals surface area contributed by atoms with E-state index < -0.39 is 24.5 Å². The molecule has 32 heavy (non-hydrogen) atoms. The predicted molar refractivity (Wildman–Crippen MR) is 121 cm³/mol. The minimum Gasteiger partial charge on any atom is -0.374 e. The highest BCUT2D eigenvalue weighted by Gasteiger charge is 2.42. The van der Waals surface area contributed by atoms with Crippen molar-refractivity contribution in [2.75, 3.05) is 13.2 Å². The zero-order chi connectivity index (χ0) is 22.0. The van der Waals surface area contributed by atoms with Crippen molar-refractivity contribution < 1.29 is 23.3 Å². The molecule has 0 amide bonds. The van der Waals surface area contributed by atoms with Gasteiger partial charge in [-0.05, 0) is 16.7 Å². The van der Waals surface area contributed by atoms with Crippen LogP contribution in [-0.2, 0) is 38.8 Å². The molecule has 2 unspecified atom stereocenters. The molecule has 0 bridgehead atoms. The fourth-order valence-electron chi connectivity index (χ4n) is 3.72. The number of hydrogen-bond acceptors (Lipinski definition) is 4. The topological polar surface area (TPSA) is 36.9 Å². The van der Waals surface area contributed by atoms with Crippen molar-refractivity contribution in [1.82, 2.24) is 0 Å². The highest BCUT2D eigenvalue weighted by atomic mass is 19.1. The zero-order valence-corrected chi connectivity index (χ0v) is 18.0. The lowest BCUT2D eigenvalue weighted by atomic mass is 10.0. The molecule has 4 nitrogen and oxygen atoms in total. The first-order valence-electron chi connectivity index (χ1n) is 11.0. The van der Waals surface area contributed by atoms with Crippen LogP contribution in [0.15, 0.2) is 91.0 Å². The van der Waals surface area contributed by atoms with Crippen molar-refractivity contribution >= 4 is 0 Å². The second-order valence-electron chi connectivity index (χ2n) is 7.91. The van der Waals surface area contributed by atoms with Gasteiger partial charge >= 0.3 is 0 Å². The molecule has 1 heterocycles. The Morgan fingerprint density at radius 2 is 1.19 bits per heavy atom. The summed E-state index contributed by atoms with van der Waals surface area (Å²) in [6.45, 7) is 1.52. The summed E-state index contributed by atoms with van der Waals surface area (Å²) in [5.74, 6) is 0. The summed E-state index contributed by atoms with van der Waals surface area (Å²) in [5.41, 5.74) is 3.06. The average molecular weight is 437 g/mol. The summed E-state index contributed by atoms with van der Waals surface area (Å²) in [5, 5.41) is 0. The van der Waals surface area contributed by atoms with E-state index in [4.69, 9.17) is 18.9 Å². The van der Waals surface area contributed by atoms with Gasteiger partial charge in [-0.25, -0.2) is 4.39 Å². The molecular formula is C27H29FO4. The Morgan fingerprint density at radius 3 is 1.75 bits per heavy atom. The maximum Gasteiger partial charge on any atom is 0.157 e. The number of hydrogen-bond donors (Lipinski definition) is 0. The fourth-order valence-corrected chi connectivity index (χ4v) is 3.72. The highest BCUT2D eigenvalue weighted by molar-refractivity contribution is 5.15. The SMILES string of the molecule is F[C@@H]1C(COCc2ccccc2)OCC(OCc2ccccc2)[C@H]1OCc1ccccc1. The maximum atomic E-state index is 15.5. The lowest BCUT2D eigenvalue weighted by molar-refractivity contribution is -0.214. The number of benzene rings is 3. The van der Waals surface area contributed by atoms with Gasteiger partial charge in [0, 0.05) is 0 Å². The molecule has 0 spiro atoms. The third-order valence-electron chi connectivity index (χ3n) is 5.50. The van der Waals surface area contributed by atoms with Crippen molar-refractivity contribution in [2.45, 2.75) is 44.3 Å². The van der Waals surface area contributed by atoms with E-state index in [1.54, 1.807) is 0 Å². The lowest BCUT2D eigenvalue weighted by Gasteiger charge is -2.38. The Morgan fingerprint density at radius 1 is 0.688 bits per heavy atom. The zero-order valence-electron chi connectivity index (χ0n) is 18.0. The molecule has 0 N–H and O–H groups in total. The Kier molecular flexibility index (Phi) is 8.40. The summed E-state index contributed by atoms with van der Waals surface area (Å²) in [7, 11) is 0. The molecule has 0 aromatic heterocycles. The molecule has 1 fully saturated rings. The Hall–Kier alpha value is -2.57. The summed E-state index contributed by atoms with van der Waals surface area (Å²) in [6.07, 6.45) is -3.29. The average Bonchev–Trinajstić information content (AvgIpc) is 2.85. The van der Waals surface area contributed by atoms with Crippen molar-refractivity contribution in [3.8, 4) is 0 Å². The minimum absolute atomic E-state index is 0.159. The van der Waals surface area contributed by atoms with E-state index >= 15 is 4.39 Å². The van der Waals surface area contributed by atoms with Crippen LogP contribution in [0.25, 0.3) is 0 Å². The van der Waals surface area contributed by atoms with Gasteiger partial charge in [-0.15, -0.1) is 0 Å². The molecule has 0 saturated carbocycles. The van der Waals surface area contributed by atoms with Gasteiger partial charge in [0.2, 0.25) is 0 Å². The van der Waals surface area contributed by atoms with Crippen LogP contribution in [0.1, 0.15) is 16.7 Å². The highest BCUT2D eigenvalue weighted by Crippen LogP contribution is 2.26. The second-order valence-corrected chi connectivity index (χ2v) is 7.91. The van der Waals surface area contributed by atoms with Crippen LogP contribution in [0.4, 0.5) is 4.39 Å². The van der Waals surface area contributed by atoms with Crippen molar-refractivity contribution in [1.29, 1.82) is 0 Å². The van der Waals surface area contributed by atoms with Gasteiger partial charge < -0.3 is 18.9 Å². The Labute approximate surface area is 188 Å². The Balaban J connectivity index is 1.36. The molecule has 168 valence electrons. The summed E-state index contributed by atoms with van der Waals surface area (Å²) in [4.78, 5) is 0. The van der Waals surface area contributed by atoms with E-state index in [0.717, 1.165) is 16.7 Å². The molecule has 4 rings (SSSR count). The normalized spacial score (nSPS) is 23.2. The first-order valence-corrected chi connectivity index (χ1v) is 11.0. The largest absolute Gasteiger partial charge is 0.374 e. The predicted octanol–water partition coefficient (Wildman–Crippen LogP) is 5.11. The standard InChI is InChI=1S/C27H29FO4/c28-26-24(19-29-16-21-10-4-1-5-11-21)31-20-25(30-17-22-12-6-2-7-13-22)27(26)32-18-23-14-8-3-9-15-23/h1-15,24-27H,16-20H2/t24?,25?,26-,27-/m1/s1. The third kappa shape index (κ3) is 6.47. The van der Waals surface area contributed by atoms with Crippen LogP contribution in [0.2, 0.25) is 0 Å². The van der Waals surface area contributed by atoms with E-state index in [1.807, 2.05) is 91.0 Å². The number of halogens is 1. The molecule has 1 aliphatic rings. The summed E-state index contributed by atoms with van der Waals surface area (Å²) >= 11 is 0. The van der Waals surface area contributed by atoms with Gasteiger partial charge in [0.05, 0.1) is 33.0 Å². The Bertz CT molecular complexity index is 907. The van der Waals surface area contributed by atoms with Crippen LogP contribution < -0.4 is 0 Å². The van der Waals surface area contributed by atoms with Crippen LogP contribution in [0.5, 0.6) is 0 Å². The second kappa shape index (κ2) is 11.9. The molecule has 3 aromatic carbocycles. The first-order chi connectivity index (χ1) is 15.8. The molecule has 5 heteroatoms. The van der Waals surface area contributed by atoms with Crippen molar-refractivity contribution in [2.24, 2.45) is 0 Å². The van der Waals surface area contributed by atoms with Gasteiger partial charge in [-0.2, -0.15) is 0 Å². The summed E-state index contributed by atoms with van der Waals surface area (Å²) < 4.78 is 39.1. The van der Waals surface area contributed by atoms with Crippen LogP contribution in [0.3, 0.4) is 0 Å². The molecule has 3 aromatic rings. The molecule has 0 radical (unpaired) electrons. The summed E-state index contributed by atoms with van der Waals surface area (Å²) in [6, 6.07) is 29.4. The molecule has 1 aliphatic heterocycles. The van der Waals surface area contributed by atoms with Crippen molar-refractivity contribution in [3.63, 3.8) is 0 Å². The van der Waals surface area contributed by atoms with Crippen molar-refractivity contribution in [3.05, 3.63) is 108 Å². The van der Waals surface area contributed by atoms with Gasteiger partial charge in [0.15, 0.2) is 6.17 Å². The van der Waals surface area contributed by atoms with Crippen LogP contribution in [0, 0.1) is 0 Å². The van der Waals surface area contributed by atoms with E-state index in [9.17, 15) is 0 Å². The van der Waals surface area contributed by atoms with E-state index in [2.05, 4.69) is 0 Å². The van der Waals surface area contributed by atoms with Gasteiger partial charge in [-0.1, -0.05) is 91.0 Å².